The van der Waals surface area contributed by atoms with Crippen LogP contribution in [-0.2, 0) is 20.7 Å². The van der Waals surface area contributed by atoms with Gasteiger partial charge in [-0.15, -0.1) is 11.8 Å². The van der Waals surface area contributed by atoms with Gasteiger partial charge < -0.3 is 9.84 Å². The number of carbonyl (C=O) groups excluding carboxylic acids is 3. The number of ether oxygens (including phenoxy) is 1. The van der Waals surface area contributed by atoms with Crippen LogP contribution < -0.4 is 0 Å². The predicted molar refractivity (Wildman–Crippen MR) is 117 cm³/mol. The van der Waals surface area contributed by atoms with E-state index in [1.54, 1.807) is 17.8 Å². The molecule has 0 fully saturated rings. The van der Waals surface area contributed by atoms with Gasteiger partial charge in [0.2, 0.25) is 0 Å². The summed E-state index contributed by atoms with van der Waals surface area (Å²) in [6.07, 6.45) is 10.4. The number of unbranched alkanes of at least 4 members (excludes halogenated alkanes) is 3. The highest BCUT2D eigenvalue weighted by atomic mass is 32.2. The minimum absolute atomic E-state index is 0.0106. The van der Waals surface area contributed by atoms with Gasteiger partial charge in [0, 0.05) is 35.0 Å². The van der Waals surface area contributed by atoms with Crippen LogP contribution in [0.25, 0.3) is 0 Å². The lowest BCUT2D eigenvalue weighted by Crippen LogP contribution is -2.18. The Balaban J connectivity index is 1.39. The molecule has 0 spiro atoms. The highest BCUT2D eigenvalue weighted by Gasteiger charge is 2.30. The number of Topliss-reactive ketones (excluding diaryl/α,β-unsaturated/α-hetero) is 1. The number of thioether (sulfide) groups is 1. The SMILES string of the molecule is O=C(CCCCCC[C@H]1C=CC(=O)[C@@H]1CSc1cccc2c1CCC2=O)OCCO. The molecule has 1 N–H and O–H groups in total. The van der Waals surface area contributed by atoms with Crippen molar-refractivity contribution in [2.45, 2.75) is 56.3 Å². The molecule has 0 unspecified atom stereocenters. The molecule has 6 heteroatoms. The van der Waals surface area contributed by atoms with E-state index < -0.39 is 0 Å². The summed E-state index contributed by atoms with van der Waals surface area (Å²) in [6.45, 7) is -0.0634. The number of fused-ring (bicyclic) bond motifs is 1. The third-order valence-electron chi connectivity index (χ3n) is 5.87. The van der Waals surface area contributed by atoms with Gasteiger partial charge in [0.1, 0.15) is 6.61 Å². The molecule has 1 aromatic carbocycles. The van der Waals surface area contributed by atoms with Crippen molar-refractivity contribution in [2.75, 3.05) is 19.0 Å². The van der Waals surface area contributed by atoms with Gasteiger partial charge in [0.15, 0.2) is 11.6 Å². The van der Waals surface area contributed by atoms with Crippen molar-refractivity contribution >= 4 is 29.3 Å². The molecule has 30 heavy (non-hydrogen) atoms. The van der Waals surface area contributed by atoms with Crippen LogP contribution in [0.4, 0.5) is 0 Å². The second-order valence-electron chi connectivity index (χ2n) is 7.95. The number of ketones is 2. The van der Waals surface area contributed by atoms with Gasteiger partial charge >= 0.3 is 5.97 Å². The second kappa shape index (κ2) is 11.5. The zero-order valence-electron chi connectivity index (χ0n) is 17.3. The molecular formula is C24H30O5S. The summed E-state index contributed by atoms with van der Waals surface area (Å²) in [4.78, 5) is 36.9. The van der Waals surface area contributed by atoms with Crippen LogP contribution in [0.2, 0.25) is 0 Å². The summed E-state index contributed by atoms with van der Waals surface area (Å²) in [6, 6.07) is 5.91. The molecular weight excluding hydrogens is 400 g/mol. The summed E-state index contributed by atoms with van der Waals surface area (Å²) in [7, 11) is 0. The molecule has 2 atom stereocenters. The molecule has 0 saturated carbocycles. The molecule has 0 saturated heterocycles. The molecule has 0 heterocycles. The Morgan fingerprint density at radius 1 is 1.13 bits per heavy atom. The van der Waals surface area contributed by atoms with E-state index in [0.717, 1.165) is 60.3 Å². The van der Waals surface area contributed by atoms with Crippen LogP contribution in [0.3, 0.4) is 0 Å². The lowest BCUT2D eigenvalue weighted by Gasteiger charge is -2.18. The monoisotopic (exact) mass is 430 g/mol. The molecule has 1 aromatic rings. The molecule has 2 aliphatic rings. The molecule has 0 bridgehead atoms. The predicted octanol–water partition coefficient (Wildman–Crippen LogP) is 4.16. The van der Waals surface area contributed by atoms with Gasteiger partial charge in [-0.25, -0.2) is 0 Å². The van der Waals surface area contributed by atoms with Crippen LogP contribution in [0, 0.1) is 11.8 Å². The quantitative estimate of drug-likeness (QED) is 0.305. The summed E-state index contributed by atoms with van der Waals surface area (Å²) in [5.74, 6) is 1.22. The van der Waals surface area contributed by atoms with E-state index in [1.165, 1.54) is 0 Å². The number of rotatable bonds is 12. The third-order valence-corrected chi connectivity index (χ3v) is 7.09. The largest absolute Gasteiger partial charge is 0.463 e. The van der Waals surface area contributed by atoms with Crippen molar-refractivity contribution in [2.24, 2.45) is 11.8 Å². The number of aliphatic hydroxyl groups is 1. The molecule has 0 aromatic heterocycles. The van der Waals surface area contributed by atoms with Gasteiger partial charge in [-0.2, -0.15) is 0 Å². The fraction of sp³-hybridized carbons (Fsp3) is 0.542. The minimum atomic E-state index is -0.250. The number of hydrogen-bond donors (Lipinski definition) is 1. The van der Waals surface area contributed by atoms with Gasteiger partial charge in [-0.05, 0) is 42.9 Å². The van der Waals surface area contributed by atoms with Crippen LogP contribution in [0.15, 0.2) is 35.2 Å². The Hall–Kier alpha value is -1.92. The van der Waals surface area contributed by atoms with E-state index in [1.807, 2.05) is 12.1 Å². The number of hydrogen-bond acceptors (Lipinski definition) is 6. The third kappa shape index (κ3) is 6.05. The van der Waals surface area contributed by atoms with Crippen molar-refractivity contribution in [3.05, 3.63) is 41.5 Å². The summed E-state index contributed by atoms with van der Waals surface area (Å²) >= 11 is 1.71. The lowest BCUT2D eigenvalue weighted by atomic mass is 9.91. The molecule has 2 aliphatic carbocycles. The first-order chi connectivity index (χ1) is 14.6. The van der Waals surface area contributed by atoms with Crippen molar-refractivity contribution in [3.8, 4) is 0 Å². The zero-order valence-corrected chi connectivity index (χ0v) is 18.1. The zero-order chi connectivity index (χ0) is 21.3. The standard InChI is InChI=1S/C24H30O5S/c25-14-15-29-24(28)9-4-2-1-3-6-17-10-12-22(27)20(17)16-30-23-8-5-7-18-19(23)11-13-21(18)26/h5,7-8,10,12,17,20,25H,1-4,6,9,11,13-16H2/t17-,20+/m0/s1. The maximum Gasteiger partial charge on any atom is 0.305 e. The molecule has 0 radical (unpaired) electrons. The maximum absolute atomic E-state index is 12.4. The number of aliphatic hydroxyl groups excluding tert-OH is 1. The Kier molecular flexibility index (Phi) is 8.70. The van der Waals surface area contributed by atoms with E-state index in [0.29, 0.717) is 12.8 Å². The van der Waals surface area contributed by atoms with Gasteiger partial charge in [-0.1, -0.05) is 37.5 Å². The summed E-state index contributed by atoms with van der Waals surface area (Å²) in [5, 5.41) is 8.63. The van der Waals surface area contributed by atoms with Crippen LogP contribution in [0.5, 0.6) is 0 Å². The molecule has 162 valence electrons. The Morgan fingerprint density at radius 2 is 1.97 bits per heavy atom. The average Bonchev–Trinajstić information content (AvgIpc) is 3.30. The highest BCUT2D eigenvalue weighted by Crippen LogP contribution is 2.36. The van der Waals surface area contributed by atoms with E-state index in [-0.39, 0.29) is 42.6 Å². The van der Waals surface area contributed by atoms with Crippen molar-refractivity contribution in [3.63, 3.8) is 0 Å². The van der Waals surface area contributed by atoms with Crippen molar-refractivity contribution < 1.29 is 24.2 Å². The molecule has 0 aliphatic heterocycles. The van der Waals surface area contributed by atoms with Gasteiger partial charge in [-0.3, -0.25) is 14.4 Å². The summed E-state index contributed by atoms with van der Waals surface area (Å²) in [5.41, 5.74) is 2.01. The maximum atomic E-state index is 12.4. The topological polar surface area (TPSA) is 80.7 Å². The van der Waals surface area contributed by atoms with Crippen molar-refractivity contribution in [1.82, 2.24) is 0 Å². The number of benzene rings is 1. The fourth-order valence-electron chi connectivity index (χ4n) is 4.20. The smallest absolute Gasteiger partial charge is 0.305 e. The van der Waals surface area contributed by atoms with Gasteiger partial charge in [0.05, 0.1) is 6.61 Å². The normalized spacial score (nSPS) is 20.0. The Bertz CT molecular complexity index is 801. The molecule has 0 amide bonds. The van der Waals surface area contributed by atoms with Crippen molar-refractivity contribution in [1.29, 1.82) is 0 Å². The number of carbonyl (C=O) groups is 3. The Labute approximate surface area is 182 Å². The van der Waals surface area contributed by atoms with E-state index in [9.17, 15) is 14.4 Å². The van der Waals surface area contributed by atoms with Crippen LogP contribution in [-0.4, -0.2) is 41.6 Å². The van der Waals surface area contributed by atoms with Gasteiger partial charge in [0.25, 0.3) is 0 Å². The van der Waals surface area contributed by atoms with E-state index >= 15 is 0 Å². The lowest BCUT2D eigenvalue weighted by molar-refractivity contribution is -0.144. The van der Waals surface area contributed by atoms with E-state index in [4.69, 9.17) is 9.84 Å². The molecule has 3 rings (SSSR count). The molecule has 5 nitrogen and oxygen atoms in total. The summed E-state index contributed by atoms with van der Waals surface area (Å²) < 4.78 is 4.85. The van der Waals surface area contributed by atoms with Crippen LogP contribution in [0.1, 0.15) is 60.9 Å². The first-order valence-electron chi connectivity index (χ1n) is 10.9. The number of esters is 1. The van der Waals surface area contributed by atoms with E-state index in [2.05, 4.69) is 12.1 Å². The fourth-order valence-corrected chi connectivity index (χ4v) is 5.53. The average molecular weight is 431 g/mol. The Morgan fingerprint density at radius 3 is 2.80 bits per heavy atom. The first kappa shape index (κ1) is 22.8. The second-order valence-corrected chi connectivity index (χ2v) is 9.01. The van der Waals surface area contributed by atoms with Crippen LogP contribution >= 0.6 is 11.8 Å². The number of allylic oxidation sites excluding steroid dienone is 2. The minimum Gasteiger partial charge on any atom is -0.463 e. The first-order valence-corrected chi connectivity index (χ1v) is 11.8. The highest BCUT2D eigenvalue weighted by molar-refractivity contribution is 7.99.